The summed E-state index contributed by atoms with van der Waals surface area (Å²) in [6.45, 7) is 4.69. The summed E-state index contributed by atoms with van der Waals surface area (Å²) in [6.07, 6.45) is 6.94. The highest BCUT2D eigenvalue weighted by Crippen LogP contribution is 2.28. The molecule has 1 N–H and O–H groups in total. The molecule has 1 aliphatic carbocycles. The van der Waals surface area contributed by atoms with Crippen LogP contribution in [0.4, 0.5) is 0 Å². The van der Waals surface area contributed by atoms with Gasteiger partial charge in [-0.05, 0) is 49.8 Å². The topological polar surface area (TPSA) is 41.9 Å². The molecule has 2 fully saturated rings. The van der Waals surface area contributed by atoms with Gasteiger partial charge >= 0.3 is 0 Å². The molecule has 3 rings (SSSR count). The van der Waals surface area contributed by atoms with Gasteiger partial charge in [-0.25, -0.2) is 0 Å². The van der Waals surface area contributed by atoms with Crippen LogP contribution in [-0.2, 0) is 11.2 Å². The fraction of sp³-hybridized carbons (Fsp3) is 0.700. The maximum Gasteiger partial charge on any atom is 0.121 e. The molecule has 1 heterocycles. The van der Waals surface area contributed by atoms with Gasteiger partial charge < -0.3 is 14.6 Å². The van der Waals surface area contributed by atoms with Crippen LogP contribution in [0, 0.1) is 6.92 Å². The second-order valence-corrected chi connectivity index (χ2v) is 7.25. The van der Waals surface area contributed by atoms with E-state index in [-0.39, 0.29) is 6.10 Å². The van der Waals surface area contributed by atoms with Crippen molar-refractivity contribution in [2.75, 3.05) is 26.8 Å². The number of nitrogens with zero attached hydrogens (tertiary/aromatic N) is 1. The van der Waals surface area contributed by atoms with E-state index < -0.39 is 0 Å². The Labute approximate surface area is 145 Å². The fourth-order valence-electron chi connectivity index (χ4n) is 4.18. The molecular formula is C20H31NO3. The van der Waals surface area contributed by atoms with E-state index >= 15 is 0 Å². The van der Waals surface area contributed by atoms with E-state index in [1.54, 1.807) is 7.11 Å². The molecular weight excluding hydrogens is 302 g/mol. The van der Waals surface area contributed by atoms with Crippen LogP contribution in [0.2, 0.25) is 0 Å². The van der Waals surface area contributed by atoms with Crippen molar-refractivity contribution < 1.29 is 14.6 Å². The van der Waals surface area contributed by atoms with Crippen LogP contribution in [0.5, 0.6) is 5.75 Å². The number of likely N-dealkylation sites (tertiary alicyclic amines) is 1. The van der Waals surface area contributed by atoms with Gasteiger partial charge in [-0.3, -0.25) is 4.90 Å². The van der Waals surface area contributed by atoms with Gasteiger partial charge in [0.05, 0.1) is 25.9 Å². The first-order chi connectivity index (χ1) is 11.7. The minimum Gasteiger partial charge on any atom is -0.496 e. The van der Waals surface area contributed by atoms with E-state index in [1.165, 1.54) is 30.4 Å². The summed E-state index contributed by atoms with van der Waals surface area (Å²) in [7, 11) is 1.71. The van der Waals surface area contributed by atoms with Gasteiger partial charge in [0.1, 0.15) is 5.75 Å². The van der Waals surface area contributed by atoms with Crippen molar-refractivity contribution in [2.45, 2.75) is 63.7 Å². The predicted molar refractivity (Wildman–Crippen MR) is 95.6 cm³/mol. The number of methoxy groups -OCH3 is 1. The number of benzene rings is 1. The van der Waals surface area contributed by atoms with Gasteiger partial charge in [-0.1, -0.05) is 25.0 Å². The number of hydrogen-bond acceptors (Lipinski definition) is 4. The van der Waals surface area contributed by atoms with E-state index in [9.17, 15) is 5.11 Å². The molecule has 3 atom stereocenters. The maximum absolute atomic E-state index is 9.82. The molecule has 0 spiro atoms. The monoisotopic (exact) mass is 333 g/mol. The number of β-amino-alcohol motifs (C(OH)–C–C–N with tert-alkyl or cyclic N) is 1. The van der Waals surface area contributed by atoms with E-state index in [2.05, 4.69) is 24.0 Å². The van der Waals surface area contributed by atoms with E-state index in [0.717, 1.165) is 44.7 Å². The summed E-state index contributed by atoms with van der Waals surface area (Å²) in [5.74, 6) is 0.944. The molecule has 1 unspecified atom stereocenters. The zero-order valence-corrected chi connectivity index (χ0v) is 15.0. The van der Waals surface area contributed by atoms with Crippen molar-refractivity contribution >= 4 is 0 Å². The van der Waals surface area contributed by atoms with Crippen molar-refractivity contribution in [3.05, 3.63) is 29.3 Å². The van der Waals surface area contributed by atoms with Gasteiger partial charge in [-0.2, -0.15) is 0 Å². The van der Waals surface area contributed by atoms with Crippen LogP contribution in [0.15, 0.2) is 18.2 Å². The lowest BCUT2D eigenvalue weighted by atomic mass is 9.91. The molecule has 4 nitrogen and oxygen atoms in total. The first-order valence-electron chi connectivity index (χ1n) is 9.34. The molecule has 1 aromatic carbocycles. The minimum atomic E-state index is -0.144. The van der Waals surface area contributed by atoms with Crippen LogP contribution in [-0.4, -0.2) is 55.1 Å². The number of aliphatic hydroxyl groups excluding tert-OH is 1. The van der Waals surface area contributed by atoms with Crippen molar-refractivity contribution in [3.63, 3.8) is 0 Å². The van der Waals surface area contributed by atoms with Crippen LogP contribution in [0.3, 0.4) is 0 Å². The predicted octanol–water partition coefficient (Wildman–Crippen LogP) is 2.94. The van der Waals surface area contributed by atoms with Crippen molar-refractivity contribution in [1.29, 1.82) is 0 Å². The van der Waals surface area contributed by atoms with E-state index in [1.807, 2.05) is 6.07 Å². The Bertz CT molecular complexity index is 534. The first-order valence-corrected chi connectivity index (χ1v) is 9.34. The van der Waals surface area contributed by atoms with Crippen LogP contribution in [0.1, 0.15) is 43.2 Å². The van der Waals surface area contributed by atoms with E-state index in [0.29, 0.717) is 12.1 Å². The molecule has 0 amide bonds. The van der Waals surface area contributed by atoms with Gasteiger partial charge in [0, 0.05) is 19.1 Å². The molecule has 134 valence electrons. The van der Waals surface area contributed by atoms with Gasteiger partial charge in [0.2, 0.25) is 0 Å². The number of hydrogen-bond donors (Lipinski definition) is 1. The van der Waals surface area contributed by atoms with Crippen LogP contribution in [0.25, 0.3) is 0 Å². The molecule has 1 aromatic rings. The quantitative estimate of drug-likeness (QED) is 0.869. The number of aliphatic hydroxyl groups is 1. The summed E-state index contributed by atoms with van der Waals surface area (Å²) >= 11 is 0. The molecule has 1 saturated heterocycles. The van der Waals surface area contributed by atoms with Crippen molar-refractivity contribution in [3.8, 4) is 5.75 Å². The molecule has 1 aliphatic heterocycles. The number of rotatable bonds is 6. The largest absolute Gasteiger partial charge is 0.496 e. The Balaban J connectivity index is 1.51. The smallest absolute Gasteiger partial charge is 0.121 e. The summed E-state index contributed by atoms with van der Waals surface area (Å²) in [5, 5.41) is 9.82. The van der Waals surface area contributed by atoms with Crippen LogP contribution >= 0.6 is 0 Å². The van der Waals surface area contributed by atoms with E-state index in [4.69, 9.17) is 9.47 Å². The maximum atomic E-state index is 9.82. The third-order valence-corrected chi connectivity index (χ3v) is 5.51. The number of ether oxygens (including phenoxy) is 2. The molecule has 24 heavy (non-hydrogen) atoms. The molecule has 2 aliphatic rings. The molecule has 0 radical (unpaired) electrons. The highest BCUT2D eigenvalue weighted by atomic mass is 16.5. The Hall–Kier alpha value is -1.10. The third-order valence-electron chi connectivity index (χ3n) is 5.51. The Morgan fingerprint density at radius 3 is 2.75 bits per heavy atom. The zero-order valence-electron chi connectivity index (χ0n) is 15.0. The fourth-order valence-corrected chi connectivity index (χ4v) is 4.18. The van der Waals surface area contributed by atoms with Crippen LogP contribution < -0.4 is 4.74 Å². The Kier molecular flexibility index (Phi) is 6.14. The zero-order chi connectivity index (χ0) is 16.9. The molecule has 0 bridgehead atoms. The summed E-state index contributed by atoms with van der Waals surface area (Å²) in [5.41, 5.74) is 2.48. The summed E-state index contributed by atoms with van der Waals surface area (Å²) in [6, 6.07) is 6.86. The molecule has 0 aromatic heterocycles. The second-order valence-electron chi connectivity index (χ2n) is 7.25. The second kappa shape index (κ2) is 8.32. The number of aryl methyl sites for hydroxylation is 1. The van der Waals surface area contributed by atoms with Gasteiger partial charge in [-0.15, -0.1) is 0 Å². The Morgan fingerprint density at radius 2 is 2.04 bits per heavy atom. The lowest BCUT2D eigenvalue weighted by Gasteiger charge is -2.37. The first kappa shape index (κ1) is 17.7. The Morgan fingerprint density at radius 1 is 1.21 bits per heavy atom. The summed E-state index contributed by atoms with van der Waals surface area (Å²) in [4.78, 5) is 2.45. The van der Waals surface area contributed by atoms with Crippen molar-refractivity contribution in [2.24, 2.45) is 0 Å². The van der Waals surface area contributed by atoms with Crippen molar-refractivity contribution in [1.82, 2.24) is 4.90 Å². The third kappa shape index (κ3) is 4.29. The lowest BCUT2D eigenvalue weighted by Crippen LogP contribution is -2.46. The highest BCUT2D eigenvalue weighted by molar-refractivity contribution is 5.36. The minimum absolute atomic E-state index is 0.144. The standard InChI is InChI=1S/C20H31NO3/c1-15-13-16(7-8-19(15)23-2)10-12-24-20-6-4-3-5-18(20)21-11-9-17(22)14-21/h7-8,13,17-18,20,22H,3-6,9-12,14H2,1-2H3/t17-,18-,20?/m0/s1. The van der Waals surface area contributed by atoms with Gasteiger partial charge in [0.25, 0.3) is 0 Å². The van der Waals surface area contributed by atoms with Gasteiger partial charge in [0.15, 0.2) is 0 Å². The normalized spacial score (nSPS) is 28.2. The molecule has 4 heteroatoms. The lowest BCUT2D eigenvalue weighted by molar-refractivity contribution is -0.0316. The SMILES string of the molecule is COc1ccc(CCOC2CCCC[C@@H]2N2CC[C@H](O)C2)cc1C. The average molecular weight is 333 g/mol. The molecule has 1 saturated carbocycles. The highest BCUT2D eigenvalue weighted by Gasteiger charge is 2.34. The average Bonchev–Trinajstić information content (AvgIpc) is 3.02. The summed E-state index contributed by atoms with van der Waals surface area (Å²) < 4.78 is 11.6.